The van der Waals surface area contributed by atoms with Crippen LogP contribution in [0.3, 0.4) is 0 Å². The van der Waals surface area contributed by atoms with E-state index in [0.29, 0.717) is 16.9 Å². The molecule has 1 aromatic rings. The van der Waals surface area contributed by atoms with Crippen LogP contribution in [0.4, 0.5) is 0 Å². The molecular weight excluding hydrogens is 210 g/mol. The van der Waals surface area contributed by atoms with Gasteiger partial charge in [-0.2, -0.15) is 0 Å². The first-order valence-electron chi connectivity index (χ1n) is 5.17. The third kappa shape index (κ3) is 1.86. The molecule has 0 bridgehead atoms. The Balaban J connectivity index is 2.50. The molecule has 1 unspecified atom stereocenters. The highest BCUT2D eigenvalue weighted by molar-refractivity contribution is 6.31. The van der Waals surface area contributed by atoms with E-state index in [4.69, 9.17) is 11.6 Å². The first-order chi connectivity index (χ1) is 7.09. The number of nitrogens with one attached hydrogen (secondary N) is 1. The summed E-state index contributed by atoms with van der Waals surface area (Å²) in [5.74, 6) is 0.907. The molecule has 3 heteroatoms. The maximum Gasteiger partial charge on any atom is 0.251 e. The van der Waals surface area contributed by atoms with Crippen molar-refractivity contribution in [2.75, 3.05) is 6.54 Å². The predicted molar refractivity (Wildman–Crippen MR) is 61.4 cm³/mol. The molecule has 1 heterocycles. The zero-order valence-corrected chi connectivity index (χ0v) is 9.64. The van der Waals surface area contributed by atoms with E-state index >= 15 is 0 Å². The molecule has 15 heavy (non-hydrogen) atoms. The summed E-state index contributed by atoms with van der Waals surface area (Å²) in [6.07, 6.45) is 0. The van der Waals surface area contributed by atoms with Crippen molar-refractivity contribution >= 4 is 17.5 Å². The average Bonchev–Trinajstić information content (AvgIpc) is 2.19. The van der Waals surface area contributed by atoms with Gasteiger partial charge >= 0.3 is 0 Å². The number of rotatable bonds is 1. The van der Waals surface area contributed by atoms with E-state index < -0.39 is 0 Å². The lowest BCUT2D eigenvalue weighted by molar-refractivity contribution is 0.0936. The van der Waals surface area contributed by atoms with Crippen molar-refractivity contribution < 1.29 is 4.79 Å². The van der Waals surface area contributed by atoms with Crippen LogP contribution in [0, 0.1) is 5.92 Å². The van der Waals surface area contributed by atoms with Crippen LogP contribution in [0.2, 0.25) is 5.02 Å². The van der Waals surface area contributed by atoms with Crippen LogP contribution in [-0.4, -0.2) is 12.5 Å². The minimum Gasteiger partial charge on any atom is -0.351 e. The second kappa shape index (κ2) is 3.86. The maximum atomic E-state index is 11.6. The molecule has 0 saturated carbocycles. The second-order valence-corrected chi connectivity index (χ2v) is 4.73. The van der Waals surface area contributed by atoms with Gasteiger partial charge in [0.25, 0.3) is 5.91 Å². The zero-order chi connectivity index (χ0) is 11.0. The van der Waals surface area contributed by atoms with Crippen LogP contribution in [0.1, 0.15) is 35.7 Å². The maximum absolute atomic E-state index is 11.6. The Bertz CT molecular complexity index is 401. The predicted octanol–water partition coefficient (Wildman–Crippen LogP) is 2.82. The second-order valence-electron chi connectivity index (χ2n) is 4.29. The number of carbonyl (C=O) groups is 1. The van der Waals surface area contributed by atoms with Gasteiger partial charge in [-0.1, -0.05) is 31.5 Å². The summed E-state index contributed by atoms with van der Waals surface area (Å²) in [5, 5.41) is 3.52. The Hall–Kier alpha value is -1.02. The Labute approximate surface area is 94.6 Å². The quantitative estimate of drug-likeness (QED) is 0.780. The Morgan fingerprint density at radius 1 is 1.47 bits per heavy atom. The normalized spacial score (nSPS) is 20.0. The molecule has 1 aliphatic rings. The molecule has 0 radical (unpaired) electrons. The molecule has 1 aromatic carbocycles. The van der Waals surface area contributed by atoms with Crippen LogP contribution in [-0.2, 0) is 0 Å². The highest BCUT2D eigenvalue weighted by atomic mass is 35.5. The lowest BCUT2D eigenvalue weighted by atomic mass is 9.83. The molecular formula is C12H14ClNO. The van der Waals surface area contributed by atoms with Gasteiger partial charge in [0, 0.05) is 23.0 Å². The SMILES string of the molecule is CC(C)C1CNC(=O)c2cc(Cl)ccc21. The van der Waals surface area contributed by atoms with Gasteiger partial charge in [-0.15, -0.1) is 0 Å². The summed E-state index contributed by atoms with van der Waals surface area (Å²) in [6.45, 7) is 5.06. The molecule has 0 aromatic heterocycles. The third-order valence-electron chi connectivity index (χ3n) is 2.95. The lowest BCUT2D eigenvalue weighted by Gasteiger charge is -2.28. The van der Waals surface area contributed by atoms with Crippen LogP contribution < -0.4 is 5.32 Å². The van der Waals surface area contributed by atoms with Crippen molar-refractivity contribution in [1.29, 1.82) is 0 Å². The largest absolute Gasteiger partial charge is 0.351 e. The summed E-state index contributed by atoms with van der Waals surface area (Å²) < 4.78 is 0. The Morgan fingerprint density at radius 2 is 2.20 bits per heavy atom. The minimum atomic E-state index is -0.00981. The van der Waals surface area contributed by atoms with Crippen LogP contribution in [0.5, 0.6) is 0 Å². The number of hydrogen-bond acceptors (Lipinski definition) is 1. The van der Waals surface area contributed by atoms with Crippen molar-refractivity contribution in [2.24, 2.45) is 5.92 Å². The van der Waals surface area contributed by atoms with Gasteiger partial charge in [-0.25, -0.2) is 0 Å². The Kier molecular flexibility index (Phi) is 2.70. The molecule has 0 spiro atoms. The van der Waals surface area contributed by atoms with Crippen molar-refractivity contribution in [1.82, 2.24) is 5.32 Å². The number of fused-ring (bicyclic) bond motifs is 1. The highest BCUT2D eigenvalue weighted by Crippen LogP contribution is 2.31. The molecule has 1 atom stereocenters. The number of amides is 1. The fourth-order valence-corrected chi connectivity index (χ4v) is 2.22. The van der Waals surface area contributed by atoms with E-state index in [1.807, 2.05) is 12.1 Å². The van der Waals surface area contributed by atoms with E-state index in [9.17, 15) is 4.79 Å². The van der Waals surface area contributed by atoms with E-state index in [-0.39, 0.29) is 5.91 Å². The smallest absolute Gasteiger partial charge is 0.251 e. The van der Waals surface area contributed by atoms with Crippen LogP contribution in [0.25, 0.3) is 0 Å². The first-order valence-corrected chi connectivity index (χ1v) is 5.55. The van der Waals surface area contributed by atoms with Crippen molar-refractivity contribution in [3.05, 3.63) is 34.3 Å². The van der Waals surface area contributed by atoms with Gasteiger partial charge in [0.15, 0.2) is 0 Å². The molecule has 1 aliphatic heterocycles. The zero-order valence-electron chi connectivity index (χ0n) is 8.88. The van der Waals surface area contributed by atoms with Crippen LogP contribution in [0.15, 0.2) is 18.2 Å². The Morgan fingerprint density at radius 3 is 2.87 bits per heavy atom. The lowest BCUT2D eigenvalue weighted by Crippen LogP contribution is -2.36. The van der Waals surface area contributed by atoms with Gasteiger partial charge in [0.05, 0.1) is 0 Å². The highest BCUT2D eigenvalue weighted by Gasteiger charge is 2.27. The molecule has 1 amide bonds. The van der Waals surface area contributed by atoms with E-state index in [0.717, 1.165) is 17.7 Å². The fourth-order valence-electron chi connectivity index (χ4n) is 2.05. The van der Waals surface area contributed by atoms with E-state index in [1.54, 1.807) is 6.07 Å². The standard InChI is InChI=1S/C12H14ClNO/c1-7(2)11-6-14-12(15)10-5-8(13)3-4-9(10)11/h3-5,7,11H,6H2,1-2H3,(H,14,15). The molecule has 0 fully saturated rings. The van der Waals surface area contributed by atoms with Gasteiger partial charge in [0.1, 0.15) is 0 Å². The van der Waals surface area contributed by atoms with Gasteiger partial charge in [0.2, 0.25) is 0 Å². The van der Waals surface area contributed by atoms with Crippen molar-refractivity contribution in [3.63, 3.8) is 0 Å². The molecule has 2 rings (SSSR count). The molecule has 1 N–H and O–H groups in total. The van der Waals surface area contributed by atoms with Crippen LogP contribution >= 0.6 is 11.6 Å². The number of halogens is 1. The summed E-state index contributed by atoms with van der Waals surface area (Å²) in [5.41, 5.74) is 1.85. The molecule has 0 saturated heterocycles. The van der Waals surface area contributed by atoms with E-state index in [2.05, 4.69) is 19.2 Å². The molecule has 2 nitrogen and oxygen atoms in total. The summed E-state index contributed by atoms with van der Waals surface area (Å²) in [6, 6.07) is 5.58. The summed E-state index contributed by atoms with van der Waals surface area (Å²) in [4.78, 5) is 11.6. The van der Waals surface area contributed by atoms with Gasteiger partial charge in [-0.3, -0.25) is 4.79 Å². The fraction of sp³-hybridized carbons (Fsp3) is 0.417. The minimum absolute atomic E-state index is 0.00981. The average molecular weight is 224 g/mol. The first kappa shape index (κ1) is 10.5. The number of benzene rings is 1. The summed E-state index contributed by atoms with van der Waals surface area (Å²) >= 11 is 5.89. The summed E-state index contributed by atoms with van der Waals surface area (Å²) in [7, 11) is 0. The number of hydrogen-bond donors (Lipinski definition) is 1. The van der Waals surface area contributed by atoms with Gasteiger partial charge < -0.3 is 5.32 Å². The third-order valence-corrected chi connectivity index (χ3v) is 3.18. The number of carbonyl (C=O) groups excluding carboxylic acids is 1. The molecule has 80 valence electrons. The molecule has 0 aliphatic carbocycles. The monoisotopic (exact) mass is 223 g/mol. The van der Waals surface area contributed by atoms with Crippen molar-refractivity contribution in [2.45, 2.75) is 19.8 Å². The van der Waals surface area contributed by atoms with Gasteiger partial charge in [-0.05, 0) is 23.6 Å². The van der Waals surface area contributed by atoms with E-state index in [1.165, 1.54) is 0 Å². The van der Waals surface area contributed by atoms with Crippen molar-refractivity contribution in [3.8, 4) is 0 Å². The topological polar surface area (TPSA) is 29.1 Å².